The fourth-order valence-electron chi connectivity index (χ4n) is 2.04. The molecule has 9 heteroatoms. The number of benzene rings is 2. The van der Waals surface area contributed by atoms with E-state index < -0.39 is 17.5 Å². The zero-order valence-corrected chi connectivity index (χ0v) is 13.5. The van der Waals surface area contributed by atoms with E-state index in [0.29, 0.717) is 17.6 Å². The molecule has 0 aliphatic rings. The SMILES string of the molecule is COc1cccc(OCC(=O)Nc2nnc(-c3ccc(F)cc3F)o2)c1. The van der Waals surface area contributed by atoms with Gasteiger partial charge in [0.05, 0.1) is 12.7 Å². The van der Waals surface area contributed by atoms with Crippen molar-refractivity contribution in [2.24, 2.45) is 0 Å². The first-order valence-electron chi connectivity index (χ1n) is 7.41. The summed E-state index contributed by atoms with van der Waals surface area (Å²) in [5.74, 6) is -1.29. The van der Waals surface area contributed by atoms with E-state index in [1.165, 1.54) is 7.11 Å². The molecule has 0 bridgehead atoms. The van der Waals surface area contributed by atoms with Gasteiger partial charge in [0.25, 0.3) is 11.8 Å². The Morgan fingerprint density at radius 1 is 1.15 bits per heavy atom. The molecule has 0 aliphatic carbocycles. The monoisotopic (exact) mass is 361 g/mol. The van der Waals surface area contributed by atoms with Gasteiger partial charge < -0.3 is 13.9 Å². The second-order valence-electron chi connectivity index (χ2n) is 5.05. The van der Waals surface area contributed by atoms with Crippen molar-refractivity contribution in [3.05, 3.63) is 54.1 Å². The molecule has 0 unspecified atom stereocenters. The molecular formula is C17H13F2N3O4. The Kier molecular flexibility index (Phi) is 5.07. The maximum atomic E-state index is 13.7. The van der Waals surface area contributed by atoms with Gasteiger partial charge in [0.15, 0.2) is 6.61 Å². The third-order valence-electron chi connectivity index (χ3n) is 3.24. The van der Waals surface area contributed by atoms with Crippen LogP contribution in [-0.4, -0.2) is 29.8 Å². The molecule has 7 nitrogen and oxygen atoms in total. The van der Waals surface area contributed by atoms with Crippen LogP contribution in [0.4, 0.5) is 14.8 Å². The lowest BCUT2D eigenvalue weighted by Crippen LogP contribution is -2.20. The summed E-state index contributed by atoms with van der Waals surface area (Å²) in [6.07, 6.45) is 0. The van der Waals surface area contributed by atoms with Crippen molar-refractivity contribution < 1.29 is 27.5 Å². The molecule has 1 amide bonds. The number of aromatic nitrogens is 2. The van der Waals surface area contributed by atoms with Gasteiger partial charge in [-0.05, 0) is 24.3 Å². The number of methoxy groups -OCH3 is 1. The molecular weight excluding hydrogens is 348 g/mol. The first-order valence-corrected chi connectivity index (χ1v) is 7.41. The lowest BCUT2D eigenvalue weighted by Gasteiger charge is -2.06. The van der Waals surface area contributed by atoms with E-state index in [1.807, 2.05) is 0 Å². The predicted molar refractivity (Wildman–Crippen MR) is 86.8 cm³/mol. The maximum Gasteiger partial charge on any atom is 0.322 e. The molecule has 0 fully saturated rings. The number of hydrogen-bond acceptors (Lipinski definition) is 6. The minimum Gasteiger partial charge on any atom is -0.497 e. The molecule has 1 N–H and O–H groups in total. The molecule has 26 heavy (non-hydrogen) atoms. The fourth-order valence-corrected chi connectivity index (χ4v) is 2.04. The van der Waals surface area contributed by atoms with Gasteiger partial charge in [-0.25, -0.2) is 8.78 Å². The Morgan fingerprint density at radius 3 is 2.73 bits per heavy atom. The van der Waals surface area contributed by atoms with Gasteiger partial charge in [-0.3, -0.25) is 10.1 Å². The number of nitrogens with one attached hydrogen (secondary N) is 1. The van der Waals surface area contributed by atoms with E-state index in [2.05, 4.69) is 15.5 Å². The highest BCUT2D eigenvalue weighted by atomic mass is 19.1. The Labute approximate surface area is 146 Å². The van der Waals surface area contributed by atoms with Gasteiger partial charge in [0, 0.05) is 12.1 Å². The van der Waals surface area contributed by atoms with Crippen LogP contribution in [0.1, 0.15) is 0 Å². The Morgan fingerprint density at radius 2 is 1.96 bits per heavy atom. The van der Waals surface area contributed by atoms with Crippen LogP contribution in [0.3, 0.4) is 0 Å². The minimum atomic E-state index is -0.854. The second-order valence-corrected chi connectivity index (χ2v) is 5.05. The largest absolute Gasteiger partial charge is 0.497 e. The summed E-state index contributed by atoms with van der Waals surface area (Å²) in [7, 11) is 1.52. The highest BCUT2D eigenvalue weighted by Gasteiger charge is 2.15. The third-order valence-corrected chi connectivity index (χ3v) is 3.24. The smallest absolute Gasteiger partial charge is 0.322 e. The molecule has 3 rings (SSSR count). The van der Waals surface area contributed by atoms with Crippen LogP contribution in [0.15, 0.2) is 46.9 Å². The summed E-state index contributed by atoms with van der Waals surface area (Å²) in [6, 6.07) is 9.42. The van der Waals surface area contributed by atoms with E-state index >= 15 is 0 Å². The van der Waals surface area contributed by atoms with Crippen molar-refractivity contribution in [2.75, 3.05) is 19.0 Å². The number of carbonyl (C=O) groups is 1. The van der Waals surface area contributed by atoms with Crippen molar-refractivity contribution in [3.63, 3.8) is 0 Å². The predicted octanol–water partition coefficient (Wildman–Crippen LogP) is 3.04. The number of ether oxygens (including phenoxy) is 2. The van der Waals surface area contributed by atoms with Gasteiger partial charge in [-0.2, -0.15) is 0 Å². The number of rotatable bonds is 6. The van der Waals surface area contributed by atoms with E-state index in [4.69, 9.17) is 13.9 Å². The van der Waals surface area contributed by atoms with E-state index in [9.17, 15) is 13.6 Å². The summed E-state index contributed by atoms with van der Waals surface area (Å²) in [5, 5.41) is 9.54. The van der Waals surface area contributed by atoms with E-state index in [0.717, 1.165) is 12.1 Å². The standard InChI is InChI=1S/C17H13F2N3O4/c1-24-11-3-2-4-12(8-11)25-9-15(23)20-17-22-21-16(26-17)13-6-5-10(18)7-14(13)19/h2-8H,9H2,1H3,(H,20,22,23). The Balaban J connectivity index is 1.60. The number of nitrogens with zero attached hydrogens (tertiary/aromatic N) is 2. The molecule has 0 spiro atoms. The van der Waals surface area contributed by atoms with Crippen molar-refractivity contribution in [2.45, 2.75) is 0 Å². The van der Waals surface area contributed by atoms with Crippen LogP contribution in [0.2, 0.25) is 0 Å². The summed E-state index contributed by atoms with van der Waals surface area (Å²) in [5.41, 5.74) is -0.0768. The first kappa shape index (κ1) is 17.3. The van der Waals surface area contributed by atoms with Crippen LogP contribution >= 0.6 is 0 Å². The lowest BCUT2D eigenvalue weighted by atomic mass is 10.2. The van der Waals surface area contributed by atoms with Gasteiger partial charge in [0.2, 0.25) is 0 Å². The molecule has 0 saturated carbocycles. The van der Waals surface area contributed by atoms with Crippen molar-refractivity contribution in [1.29, 1.82) is 0 Å². The van der Waals surface area contributed by atoms with Crippen molar-refractivity contribution in [1.82, 2.24) is 10.2 Å². The summed E-state index contributed by atoms with van der Waals surface area (Å²) in [4.78, 5) is 11.9. The molecule has 0 saturated heterocycles. The van der Waals surface area contributed by atoms with Crippen molar-refractivity contribution in [3.8, 4) is 23.0 Å². The number of halogens is 2. The van der Waals surface area contributed by atoms with Gasteiger partial charge in [-0.15, -0.1) is 5.10 Å². The second kappa shape index (κ2) is 7.60. The fraction of sp³-hybridized carbons (Fsp3) is 0.118. The average molecular weight is 361 g/mol. The molecule has 1 heterocycles. The molecule has 1 aromatic heterocycles. The molecule has 0 aliphatic heterocycles. The zero-order chi connectivity index (χ0) is 18.5. The zero-order valence-electron chi connectivity index (χ0n) is 13.5. The highest BCUT2D eigenvalue weighted by Crippen LogP contribution is 2.23. The number of amides is 1. The van der Waals surface area contributed by atoms with Crippen LogP contribution in [-0.2, 0) is 4.79 Å². The topological polar surface area (TPSA) is 86.5 Å². The maximum absolute atomic E-state index is 13.7. The van der Waals surface area contributed by atoms with Gasteiger partial charge >= 0.3 is 6.01 Å². The van der Waals surface area contributed by atoms with E-state index in [-0.39, 0.29) is 24.1 Å². The number of carbonyl (C=O) groups excluding carboxylic acids is 1. The average Bonchev–Trinajstić information content (AvgIpc) is 3.08. The summed E-state index contributed by atoms with van der Waals surface area (Å²) in [6.45, 7) is -0.310. The van der Waals surface area contributed by atoms with Crippen LogP contribution in [0, 0.1) is 11.6 Å². The number of hydrogen-bond donors (Lipinski definition) is 1. The van der Waals surface area contributed by atoms with Crippen molar-refractivity contribution >= 4 is 11.9 Å². The molecule has 2 aromatic carbocycles. The lowest BCUT2D eigenvalue weighted by molar-refractivity contribution is -0.118. The number of anilines is 1. The molecule has 3 aromatic rings. The van der Waals surface area contributed by atoms with E-state index in [1.54, 1.807) is 24.3 Å². The van der Waals surface area contributed by atoms with Gasteiger partial charge in [-0.1, -0.05) is 11.2 Å². The quantitative estimate of drug-likeness (QED) is 0.726. The minimum absolute atomic E-state index is 0.0768. The highest BCUT2D eigenvalue weighted by molar-refractivity contribution is 5.89. The first-order chi connectivity index (χ1) is 12.5. The third kappa shape index (κ3) is 4.12. The Hall–Kier alpha value is -3.49. The van der Waals surface area contributed by atoms with Crippen LogP contribution < -0.4 is 14.8 Å². The molecule has 134 valence electrons. The summed E-state index contributed by atoms with van der Waals surface area (Å²) >= 11 is 0. The van der Waals surface area contributed by atoms with Crippen LogP contribution in [0.25, 0.3) is 11.5 Å². The molecule has 0 radical (unpaired) electrons. The summed E-state index contributed by atoms with van der Waals surface area (Å²) < 4.78 is 42.2. The van der Waals surface area contributed by atoms with Gasteiger partial charge in [0.1, 0.15) is 23.1 Å². The normalized spacial score (nSPS) is 10.4. The Bertz CT molecular complexity index is 930. The molecule has 0 atom stereocenters. The van der Waals surface area contributed by atoms with Crippen LogP contribution in [0.5, 0.6) is 11.5 Å².